The SMILES string of the molecule is CSc1ccc(C=CC(=O)OCC(=O)Nc2ncc(Cl)cc2Cl)cc1. The maximum absolute atomic E-state index is 11.8. The van der Waals surface area contributed by atoms with E-state index in [1.54, 1.807) is 17.8 Å². The second-order valence-corrected chi connectivity index (χ2v) is 6.47. The molecule has 0 atom stereocenters. The molecule has 0 aliphatic rings. The molecular weight excluding hydrogens is 383 g/mol. The second-order valence-electron chi connectivity index (χ2n) is 4.75. The van der Waals surface area contributed by atoms with Crippen LogP contribution in [0.4, 0.5) is 5.82 Å². The predicted octanol–water partition coefficient (Wildman–Crippen LogP) is 4.31. The number of benzene rings is 1. The van der Waals surface area contributed by atoms with Gasteiger partial charge in [-0.3, -0.25) is 4.79 Å². The number of ether oxygens (including phenoxy) is 1. The monoisotopic (exact) mass is 396 g/mol. The molecule has 2 rings (SSSR count). The van der Waals surface area contributed by atoms with E-state index in [4.69, 9.17) is 27.9 Å². The Kier molecular flexibility index (Phi) is 7.31. The molecule has 1 N–H and O–H groups in total. The molecule has 25 heavy (non-hydrogen) atoms. The molecule has 1 aromatic heterocycles. The first-order valence-electron chi connectivity index (χ1n) is 7.07. The van der Waals surface area contributed by atoms with Crippen LogP contribution >= 0.6 is 35.0 Å². The van der Waals surface area contributed by atoms with Gasteiger partial charge in [-0.2, -0.15) is 0 Å². The molecule has 5 nitrogen and oxygen atoms in total. The molecule has 0 saturated carbocycles. The van der Waals surface area contributed by atoms with Crippen LogP contribution in [-0.2, 0) is 14.3 Å². The summed E-state index contributed by atoms with van der Waals surface area (Å²) in [5.41, 5.74) is 0.858. The number of pyridine rings is 1. The highest BCUT2D eigenvalue weighted by Crippen LogP contribution is 2.22. The minimum absolute atomic E-state index is 0.150. The van der Waals surface area contributed by atoms with Gasteiger partial charge in [-0.1, -0.05) is 35.3 Å². The Labute approximate surface area is 159 Å². The topological polar surface area (TPSA) is 68.3 Å². The predicted molar refractivity (Wildman–Crippen MR) is 101 cm³/mol. The van der Waals surface area contributed by atoms with Crippen molar-refractivity contribution in [2.45, 2.75) is 4.90 Å². The average molecular weight is 397 g/mol. The molecule has 130 valence electrons. The fourth-order valence-electron chi connectivity index (χ4n) is 1.74. The zero-order chi connectivity index (χ0) is 18.2. The summed E-state index contributed by atoms with van der Waals surface area (Å²) in [7, 11) is 0. The zero-order valence-electron chi connectivity index (χ0n) is 13.2. The van der Waals surface area contributed by atoms with Crippen LogP contribution in [0.3, 0.4) is 0 Å². The summed E-state index contributed by atoms with van der Waals surface area (Å²) in [4.78, 5) is 28.4. The van der Waals surface area contributed by atoms with Crippen molar-refractivity contribution in [1.82, 2.24) is 4.98 Å². The van der Waals surface area contributed by atoms with Crippen molar-refractivity contribution in [1.29, 1.82) is 0 Å². The smallest absolute Gasteiger partial charge is 0.331 e. The number of anilines is 1. The minimum atomic E-state index is -0.626. The van der Waals surface area contributed by atoms with Gasteiger partial charge in [0.15, 0.2) is 12.4 Å². The van der Waals surface area contributed by atoms with Crippen LogP contribution < -0.4 is 5.32 Å². The van der Waals surface area contributed by atoms with E-state index in [1.807, 2.05) is 30.5 Å². The Morgan fingerprint density at radius 1 is 1.28 bits per heavy atom. The fourth-order valence-corrected chi connectivity index (χ4v) is 2.57. The van der Waals surface area contributed by atoms with Gasteiger partial charge < -0.3 is 10.1 Å². The largest absolute Gasteiger partial charge is 0.452 e. The second kappa shape index (κ2) is 9.46. The number of amides is 1. The lowest BCUT2D eigenvalue weighted by molar-refractivity contribution is -0.142. The van der Waals surface area contributed by atoms with E-state index < -0.39 is 18.5 Å². The van der Waals surface area contributed by atoms with E-state index in [1.165, 1.54) is 18.3 Å². The molecule has 0 aliphatic carbocycles. The maximum atomic E-state index is 11.8. The first-order valence-corrected chi connectivity index (χ1v) is 9.06. The molecule has 0 spiro atoms. The van der Waals surface area contributed by atoms with Crippen LogP contribution in [0.1, 0.15) is 5.56 Å². The highest BCUT2D eigenvalue weighted by atomic mass is 35.5. The molecular formula is C17H14Cl2N2O3S. The summed E-state index contributed by atoms with van der Waals surface area (Å²) in [6.07, 6.45) is 6.21. The Morgan fingerprint density at radius 3 is 2.64 bits per heavy atom. The molecule has 1 heterocycles. The molecule has 0 saturated heterocycles. The van der Waals surface area contributed by atoms with Crippen molar-refractivity contribution in [3.63, 3.8) is 0 Å². The van der Waals surface area contributed by atoms with Gasteiger partial charge in [-0.15, -0.1) is 11.8 Å². The first kappa shape index (κ1) is 19.3. The lowest BCUT2D eigenvalue weighted by atomic mass is 10.2. The van der Waals surface area contributed by atoms with Crippen LogP contribution in [0.5, 0.6) is 0 Å². The molecule has 0 radical (unpaired) electrons. The third kappa shape index (κ3) is 6.42. The Bertz CT molecular complexity index is 795. The van der Waals surface area contributed by atoms with Crippen LogP contribution in [0.25, 0.3) is 6.08 Å². The van der Waals surface area contributed by atoms with Crippen LogP contribution in [-0.4, -0.2) is 29.7 Å². The fraction of sp³-hybridized carbons (Fsp3) is 0.118. The number of hydrogen-bond donors (Lipinski definition) is 1. The van der Waals surface area contributed by atoms with Crippen molar-refractivity contribution in [3.05, 3.63) is 58.2 Å². The molecule has 0 unspecified atom stereocenters. The number of rotatable bonds is 6. The number of nitrogens with one attached hydrogen (secondary N) is 1. The highest BCUT2D eigenvalue weighted by molar-refractivity contribution is 7.98. The average Bonchev–Trinajstić information content (AvgIpc) is 2.61. The van der Waals surface area contributed by atoms with Gasteiger partial charge in [0.05, 0.1) is 10.0 Å². The van der Waals surface area contributed by atoms with E-state index in [0.29, 0.717) is 5.02 Å². The number of hydrogen-bond acceptors (Lipinski definition) is 5. The highest BCUT2D eigenvalue weighted by Gasteiger charge is 2.09. The summed E-state index contributed by atoms with van der Waals surface area (Å²) >= 11 is 13.2. The lowest BCUT2D eigenvalue weighted by Crippen LogP contribution is -2.20. The van der Waals surface area contributed by atoms with Crippen molar-refractivity contribution in [3.8, 4) is 0 Å². The van der Waals surface area contributed by atoms with Crippen LogP contribution in [0.15, 0.2) is 47.5 Å². The number of halogens is 2. The normalized spacial score (nSPS) is 10.7. The van der Waals surface area contributed by atoms with Crippen molar-refractivity contribution in [2.24, 2.45) is 0 Å². The van der Waals surface area contributed by atoms with Gasteiger partial charge in [-0.25, -0.2) is 9.78 Å². The van der Waals surface area contributed by atoms with Crippen LogP contribution in [0.2, 0.25) is 10.0 Å². The number of thioether (sulfide) groups is 1. The number of aromatic nitrogens is 1. The van der Waals surface area contributed by atoms with Gasteiger partial charge in [0.2, 0.25) is 0 Å². The third-order valence-corrected chi connectivity index (χ3v) is 4.18. The summed E-state index contributed by atoms with van der Waals surface area (Å²) < 4.78 is 4.87. The van der Waals surface area contributed by atoms with Gasteiger partial charge in [0.25, 0.3) is 5.91 Å². The quantitative estimate of drug-likeness (QED) is 0.447. The molecule has 2 aromatic rings. The van der Waals surface area contributed by atoms with Crippen LogP contribution in [0, 0.1) is 0 Å². The Morgan fingerprint density at radius 2 is 2.00 bits per heavy atom. The van der Waals surface area contributed by atoms with E-state index in [9.17, 15) is 9.59 Å². The molecule has 0 fully saturated rings. The summed E-state index contributed by atoms with van der Waals surface area (Å²) in [5, 5.41) is 2.98. The Balaban J connectivity index is 1.82. The molecule has 8 heteroatoms. The Hall–Kier alpha value is -2.02. The third-order valence-electron chi connectivity index (χ3n) is 2.94. The number of carbonyl (C=O) groups is 2. The van der Waals surface area contributed by atoms with Crippen molar-refractivity contribution < 1.29 is 14.3 Å². The lowest BCUT2D eigenvalue weighted by Gasteiger charge is -2.06. The first-order chi connectivity index (χ1) is 12.0. The van der Waals surface area contributed by atoms with E-state index in [0.717, 1.165) is 10.5 Å². The summed E-state index contributed by atoms with van der Waals surface area (Å²) in [6.45, 7) is -0.449. The van der Waals surface area contributed by atoms with Crippen molar-refractivity contribution in [2.75, 3.05) is 18.2 Å². The molecule has 0 aliphatic heterocycles. The van der Waals surface area contributed by atoms with E-state index >= 15 is 0 Å². The summed E-state index contributed by atoms with van der Waals surface area (Å²) in [6, 6.07) is 9.12. The van der Waals surface area contributed by atoms with Gasteiger partial charge in [-0.05, 0) is 36.1 Å². The molecule has 1 aromatic carbocycles. The number of nitrogens with zero attached hydrogens (tertiary/aromatic N) is 1. The number of carbonyl (C=O) groups excluding carboxylic acids is 2. The maximum Gasteiger partial charge on any atom is 0.331 e. The van der Waals surface area contributed by atoms with E-state index in [-0.39, 0.29) is 10.8 Å². The standard InChI is InChI=1S/C17H14Cl2N2O3S/c1-25-13-5-2-11(3-6-13)4-7-16(23)24-10-15(22)21-17-14(19)8-12(18)9-20-17/h2-9H,10H2,1H3,(H,20,21,22). The number of esters is 1. The molecule has 1 amide bonds. The minimum Gasteiger partial charge on any atom is -0.452 e. The molecule has 0 bridgehead atoms. The van der Waals surface area contributed by atoms with Crippen molar-refractivity contribution >= 4 is 58.7 Å². The van der Waals surface area contributed by atoms with Gasteiger partial charge in [0.1, 0.15) is 0 Å². The van der Waals surface area contributed by atoms with E-state index in [2.05, 4.69) is 10.3 Å². The van der Waals surface area contributed by atoms with Gasteiger partial charge >= 0.3 is 5.97 Å². The zero-order valence-corrected chi connectivity index (χ0v) is 15.5. The summed E-state index contributed by atoms with van der Waals surface area (Å²) in [5.74, 6) is -1.03. The van der Waals surface area contributed by atoms with Gasteiger partial charge in [0, 0.05) is 17.2 Å².